The molecule has 114 valence electrons. The Balaban J connectivity index is 2.22. The highest BCUT2D eigenvalue weighted by Gasteiger charge is 2.34. The topological polar surface area (TPSA) is 60.2 Å². The molecule has 1 aromatic rings. The fourth-order valence-corrected chi connectivity index (χ4v) is 2.94. The zero-order valence-electron chi connectivity index (χ0n) is 13.1. The summed E-state index contributed by atoms with van der Waals surface area (Å²) in [4.78, 5) is 4.64. The monoisotopic (exact) mass is 281 g/mol. The third-order valence-electron chi connectivity index (χ3n) is 4.74. The Labute approximate surface area is 121 Å². The summed E-state index contributed by atoms with van der Waals surface area (Å²) in [7, 11) is 3.72. The van der Waals surface area contributed by atoms with Crippen LogP contribution < -0.4 is 5.32 Å². The third kappa shape index (κ3) is 3.04. The minimum absolute atomic E-state index is 0.321. The van der Waals surface area contributed by atoms with E-state index in [-0.39, 0.29) is 0 Å². The number of ether oxygens (including phenoxy) is 1. The van der Waals surface area contributed by atoms with Gasteiger partial charge in [0.2, 0.25) is 11.7 Å². The molecule has 0 saturated heterocycles. The zero-order chi connectivity index (χ0) is 14.6. The predicted molar refractivity (Wildman–Crippen MR) is 77.6 cm³/mol. The molecule has 1 fully saturated rings. The molecule has 20 heavy (non-hydrogen) atoms. The lowest BCUT2D eigenvalue weighted by Crippen LogP contribution is -2.31. The number of hydrogen-bond donors (Lipinski definition) is 1. The number of hydrogen-bond acceptors (Lipinski definition) is 5. The van der Waals surface area contributed by atoms with Crippen molar-refractivity contribution in [3.05, 3.63) is 11.7 Å². The van der Waals surface area contributed by atoms with Gasteiger partial charge in [0.1, 0.15) is 5.60 Å². The molecular weight excluding hydrogens is 254 g/mol. The van der Waals surface area contributed by atoms with Crippen LogP contribution in [0, 0.1) is 0 Å². The second-order valence-electron chi connectivity index (χ2n) is 5.88. The van der Waals surface area contributed by atoms with Crippen molar-refractivity contribution < 1.29 is 9.26 Å². The largest absolute Gasteiger partial charge is 0.370 e. The first kappa shape index (κ1) is 15.4. The van der Waals surface area contributed by atoms with Gasteiger partial charge in [-0.2, -0.15) is 4.98 Å². The zero-order valence-corrected chi connectivity index (χ0v) is 13.1. The summed E-state index contributed by atoms with van der Waals surface area (Å²) in [6.07, 6.45) is 6.91. The van der Waals surface area contributed by atoms with Gasteiger partial charge in [-0.25, -0.2) is 0 Å². The van der Waals surface area contributed by atoms with Gasteiger partial charge in [0.05, 0.1) is 5.92 Å². The maximum Gasteiger partial charge on any atom is 0.231 e. The Kier molecular flexibility index (Phi) is 5.16. The van der Waals surface area contributed by atoms with E-state index in [1.807, 2.05) is 14.0 Å². The Hall–Kier alpha value is -0.940. The molecule has 3 atom stereocenters. The SMILES string of the molecule is CCC(C)(OC)c1noc(C2CCCCCC2NC)n1. The molecule has 1 heterocycles. The Morgan fingerprint density at radius 3 is 2.75 bits per heavy atom. The lowest BCUT2D eigenvalue weighted by molar-refractivity contribution is -0.0106. The van der Waals surface area contributed by atoms with Crippen LogP contribution in [-0.4, -0.2) is 30.3 Å². The van der Waals surface area contributed by atoms with Crippen LogP contribution in [0.1, 0.15) is 70.0 Å². The maximum atomic E-state index is 5.56. The van der Waals surface area contributed by atoms with Crippen molar-refractivity contribution in [3.63, 3.8) is 0 Å². The van der Waals surface area contributed by atoms with Gasteiger partial charge in [0.25, 0.3) is 0 Å². The van der Waals surface area contributed by atoms with E-state index in [2.05, 4.69) is 22.4 Å². The molecular formula is C15H27N3O2. The van der Waals surface area contributed by atoms with Gasteiger partial charge >= 0.3 is 0 Å². The summed E-state index contributed by atoms with van der Waals surface area (Å²) in [6, 6.07) is 0.432. The van der Waals surface area contributed by atoms with Gasteiger partial charge in [-0.3, -0.25) is 0 Å². The fourth-order valence-electron chi connectivity index (χ4n) is 2.94. The van der Waals surface area contributed by atoms with Crippen LogP contribution in [0.3, 0.4) is 0 Å². The van der Waals surface area contributed by atoms with Gasteiger partial charge in [-0.15, -0.1) is 0 Å². The summed E-state index contributed by atoms with van der Waals surface area (Å²) in [6.45, 7) is 4.08. The first-order valence-corrected chi connectivity index (χ1v) is 7.71. The van der Waals surface area contributed by atoms with Gasteiger partial charge in [0, 0.05) is 13.2 Å². The van der Waals surface area contributed by atoms with E-state index in [1.165, 1.54) is 25.7 Å². The smallest absolute Gasteiger partial charge is 0.231 e. The maximum absolute atomic E-state index is 5.56. The van der Waals surface area contributed by atoms with E-state index in [1.54, 1.807) is 7.11 Å². The number of aromatic nitrogens is 2. The van der Waals surface area contributed by atoms with Crippen LogP contribution in [0.5, 0.6) is 0 Å². The molecule has 0 amide bonds. The van der Waals surface area contributed by atoms with Crippen molar-refractivity contribution in [1.82, 2.24) is 15.5 Å². The van der Waals surface area contributed by atoms with Crippen molar-refractivity contribution in [2.75, 3.05) is 14.2 Å². The Morgan fingerprint density at radius 1 is 1.35 bits per heavy atom. The molecule has 0 bridgehead atoms. The summed E-state index contributed by atoms with van der Waals surface area (Å²) in [5.41, 5.74) is -0.457. The van der Waals surface area contributed by atoms with Crippen LogP contribution >= 0.6 is 0 Å². The second-order valence-corrected chi connectivity index (χ2v) is 5.88. The standard InChI is InChI=1S/C15H27N3O2/c1-5-15(2,19-4)14-17-13(20-18-14)11-9-7-6-8-10-12(11)16-3/h11-12,16H,5-10H2,1-4H3. The summed E-state index contributed by atoms with van der Waals surface area (Å²) in [5.74, 6) is 1.75. The number of nitrogens with one attached hydrogen (secondary N) is 1. The van der Waals surface area contributed by atoms with Crippen molar-refractivity contribution in [1.29, 1.82) is 0 Å². The van der Waals surface area contributed by atoms with E-state index < -0.39 is 5.60 Å². The van der Waals surface area contributed by atoms with Crippen molar-refractivity contribution >= 4 is 0 Å². The van der Waals surface area contributed by atoms with Crippen LogP contribution in [-0.2, 0) is 10.3 Å². The highest BCUT2D eigenvalue weighted by molar-refractivity contribution is 5.05. The Bertz CT molecular complexity index is 415. The molecule has 1 aromatic heterocycles. The molecule has 1 saturated carbocycles. The lowest BCUT2D eigenvalue weighted by atomic mass is 9.94. The molecule has 1 aliphatic rings. The Morgan fingerprint density at radius 2 is 2.10 bits per heavy atom. The fraction of sp³-hybridized carbons (Fsp3) is 0.867. The average Bonchev–Trinajstić information content (AvgIpc) is 2.85. The number of rotatable bonds is 5. The molecule has 0 radical (unpaired) electrons. The van der Waals surface area contributed by atoms with Crippen molar-refractivity contribution in [3.8, 4) is 0 Å². The van der Waals surface area contributed by atoms with E-state index in [4.69, 9.17) is 9.26 Å². The molecule has 0 spiro atoms. The van der Waals surface area contributed by atoms with Gasteiger partial charge in [0.15, 0.2) is 0 Å². The van der Waals surface area contributed by atoms with Gasteiger partial charge < -0.3 is 14.6 Å². The third-order valence-corrected chi connectivity index (χ3v) is 4.74. The quantitative estimate of drug-likeness (QED) is 0.841. The second kappa shape index (κ2) is 6.68. The lowest BCUT2D eigenvalue weighted by Gasteiger charge is -2.23. The minimum Gasteiger partial charge on any atom is -0.370 e. The summed E-state index contributed by atoms with van der Waals surface area (Å²) >= 11 is 0. The summed E-state index contributed by atoms with van der Waals surface area (Å²) < 4.78 is 11.1. The first-order chi connectivity index (χ1) is 9.64. The van der Waals surface area contributed by atoms with Crippen LogP contribution in [0.15, 0.2) is 4.52 Å². The first-order valence-electron chi connectivity index (χ1n) is 7.71. The number of likely N-dealkylation sites (N-methyl/N-ethyl adjacent to an activating group) is 1. The van der Waals surface area contributed by atoms with Crippen LogP contribution in [0.2, 0.25) is 0 Å². The normalized spacial score (nSPS) is 27.0. The van der Waals surface area contributed by atoms with Crippen molar-refractivity contribution in [2.24, 2.45) is 0 Å². The average molecular weight is 281 g/mol. The van der Waals surface area contributed by atoms with Crippen LogP contribution in [0.25, 0.3) is 0 Å². The molecule has 5 heteroatoms. The summed E-state index contributed by atoms with van der Waals surface area (Å²) in [5, 5.41) is 7.58. The molecule has 1 N–H and O–H groups in total. The highest BCUT2D eigenvalue weighted by atomic mass is 16.5. The molecule has 1 aliphatic carbocycles. The molecule has 0 aromatic carbocycles. The van der Waals surface area contributed by atoms with E-state index >= 15 is 0 Å². The predicted octanol–water partition coefficient (Wildman–Crippen LogP) is 2.98. The van der Waals surface area contributed by atoms with Gasteiger partial charge in [-0.1, -0.05) is 31.3 Å². The number of methoxy groups -OCH3 is 1. The van der Waals surface area contributed by atoms with E-state index in [0.717, 1.165) is 18.7 Å². The van der Waals surface area contributed by atoms with E-state index in [9.17, 15) is 0 Å². The van der Waals surface area contributed by atoms with Crippen LogP contribution in [0.4, 0.5) is 0 Å². The molecule has 3 unspecified atom stereocenters. The van der Waals surface area contributed by atoms with E-state index in [0.29, 0.717) is 17.8 Å². The number of nitrogens with zero attached hydrogens (tertiary/aromatic N) is 2. The van der Waals surface area contributed by atoms with Crippen molar-refractivity contribution in [2.45, 2.75) is 69.9 Å². The highest BCUT2D eigenvalue weighted by Crippen LogP contribution is 2.33. The molecule has 0 aliphatic heterocycles. The molecule has 5 nitrogen and oxygen atoms in total. The molecule has 2 rings (SSSR count). The van der Waals surface area contributed by atoms with Gasteiger partial charge in [-0.05, 0) is 33.2 Å². The minimum atomic E-state index is -0.457.